The third kappa shape index (κ3) is 2.84. The number of amides is 1. The highest BCUT2D eigenvalue weighted by atomic mass is 16.3. The summed E-state index contributed by atoms with van der Waals surface area (Å²) < 4.78 is 1.58. The molecule has 2 N–H and O–H groups in total. The van der Waals surface area contributed by atoms with Crippen LogP contribution < -0.4 is 5.32 Å². The summed E-state index contributed by atoms with van der Waals surface area (Å²) in [5, 5.41) is 15.9. The van der Waals surface area contributed by atoms with Gasteiger partial charge in [0.15, 0.2) is 0 Å². The van der Waals surface area contributed by atoms with Crippen LogP contribution >= 0.6 is 0 Å². The lowest BCUT2D eigenvalue weighted by Crippen LogP contribution is -2.23. The van der Waals surface area contributed by atoms with E-state index in [0.717, 1.165) is 5.56 Å². The second kappa shape index (κ2) is 4.69. The minimum absolute atomic E-state index is 0.210. The quantitative estimate of drug-likeness (QED) is 0.829. The minimum Gasteiger partial charge on any atom is -0.508 e. The van der Waals surface area contributed by atoms with Gasteiger partial charge in [0.25, 0.3) is 5.91 Å². The summed E-state index contributed by atoms with van der Waals surface area (Å²) in [5.74, 6) is 0.00322. The second-order valence-electron chi connectivity index (χ2n) is 3.72. The van der Waals surface area contributed by atoms with E-state index in [0.29, 0.717) is 12.2 Å². The molecule has 88 valence electrons. The number of benzene rings is 1. The predicted molar refractivity (Wildman–Crippen MR) is 62.5 cm³/mol. The maximum Gasteiger partial charge on any atom is 0.272 e. The standard InChI is InChI=1S/C12H13N3O2/c1-15-7-6-11(14-15)12(17)13-8-9-2-4-10(16)5-3-9/h2-7,16H,8H2,1H3,(H,13,17). The van der Waals surface area contributed by atoms with Crippen molar-refractivity contribution in [1.29, 1.82) is 0 Å². The number of phenolic OH excluding ortho intramolecular Hbond substituents is 1. The summed E-state index contributed by atoms with van der Waals surface area (Å²) in [6.07, 6.45) is 1.72. The van der Waals surface area contributed by atoms with Crippen molar-refractivity contribution in [3.8, 4) is 5.75 Å². The molecule has 0 spiro atoms. The maximum atomic E-state index is 11.7. The molecule has 1 aromatic heterocycles. The fourth-order valence-corrected chi connectivity index (χ4v) is 1.42. The summed E-state index contributed by atoms with van der Waals surface area (Å²) >= 11 is 0. The van der Waals surface area contributed by atoms with Gasteiger partial charge in [0.1, 0.15) is 11.4 Å². The Balaban J connectivity index is 1.94. The highest BCUT2D eigenvalue weighted by Crippen LogP contribution is 2.09. The zero-order chi connectivity index (χ0) is 12.3. The van der Waals surface area contributed by atoms with E-state index in [4.69, 9.17) is 5.11 Å². The summed E-state index contributed by atoms with van der Waals surface area (Å²) in [5.41, 5.74) is 1.32. The molecule has 0 unspecified atom stereocenters. The number of hydrogen-bond donors (Lipinski definition) is 2. The van der Waals surface area contributed by atoms with Crippen LogP contribution in [0.3, 0.4) is 0 Å². The number of phenols is 1. The van der Waals surface area contributed by atoms with E-state index in [9.17, 15) is 4.79 Å². The summed E-state index contributed by atoms with van der Waals surface area (Å²) in [4.78, 5) is 11.7. The van der Waals surface area contributed by atoms with Crippen LogP contribution in [0.1, 0.15) is 16.1 Å². The predicted octanol–water partition coefficient (Wildman–Crippen LogP) is 1.06. The van der Waals surface area contributed by atoms with Crippen molar-refractivity contribution in [2.45, 2.75) is 6.54 Å². The van der Waals surface area contributed by atoms with Gasteiger partial charge in [0, 0.05) is 19.8 Å². The molecule has 0 fully saturated rings. The van der Waals surface area contributed by atoms with Gasteiger partial charge in [-0.1, -0.05) is 12.1 Å². The number of aromatic nitrogens is 2. The van der Waals surface area contributed by atoms with Crippen molar-refractivity contribution in [3.05, 3.63) is 47.8 Å². The van der Waals surface area contributed by atoms with E-state index in [1.54, 1.807) is 48.3 Å². The molecule has 0 aliphatic heterocycles. The van der Waals surface area contributed by atoms with E-state index in [1.807, 2.05) is 0 Å². The van der Waals surface area contributed by atoms with E-state index in [-0.39, 0.29) is 11.7 Å². The molecule has 2 aromatic rings. The Kier molecular flexibility index (Phi) is 3.09. The largest absolute Gasteiger partial charge is 0.508 e. The Morgan fingerprint density at radius 3 is 2.65 bits per heavy atom. The number of carbonyl (C=O) groups is 1. The number of carbonyl (C=O) groups excluding carboxylic acids is 1. The van der Waals surface area contributed by atoms with Crippen LogP contribution in [0.5, 0.6) is 5.75 Å². The normalized spacial score (nSPS) is 10.2. The smallest absolute Gasteiger partial charge is 0.272 e. The van der Waals surface area contributed by atoms with Crippen LogP contribution in [0.15, 0.2) is 36.5 Å². The van der Waals surface area contributed by atoms with Crippen LogP contribution in [0.4, 0.5) is 0 Å². The Hall–Kier alpha value is -2.30. The molecule has 0 aliphatic rings. The molecule has 0 bridgehead atoms. The molecular weight excluding hydrogens is 218 g/mol. The number of nitrogens with one attached hydrogen (secondary N) is 1. The van der Waals surface area contributed by atoms with Gasteiger partial charge in [-0.2, -0.15) is 5.10 Å². The highest BCUT2D eigenvalue weighted by molar-refractivity contribution is 5.92. The lowest BCUT2D eigenvalue weighted by Gasteiger charge is -2.03. The first-order chi connectivity index (χ1) is 8.15. The average Bonchev–Trinajstić information content (AvgIpc) is 2.75. The molecule has 17 heavy (non-hydrogen) atoms. The van der Waals surface area contributed by atoms with Gasteiger partial charge in [-0.05, 0) is 23.8 Å². The molecule has 0 atom stereocenters. The van der Waals surface area contributed by atoms with Crippen LogP contribution in [-0.4, -0.2) is 20.8 Å². The first-order valence-electron chi connectivity index (χ1n) is 5.21. The van der Waals surface area contributed by atoms with E-state index < -0.39 is 0 Å². The fraction of sp³-hybridized carbons (Fsp3) is 0.167. The molecule has 0 radical (unpaired) electrons. The molecule has 0 saturated heterocycles. The fourth-order valence-electron chi connectivity index (χ4n) is 1.42. The molecule has 1 aromatic carbocycles. The van der Waals surface area contributed by atoms with Crippen molar-refractivity contribution < 1.29 is 9.90 Å². The SMILES string of the molecule is Cn1ccc(C(=O)NCc2ccc(O)cc2)n1. The van der Waals surface area contributed by atoms with Gasteiger partial charge < -0.3 is 10.4 Å². The summed E-state index contributed by atoms with van der Waals surface area (Å²) in [6, 6.07) is 8.35. The van der Waals surface area contributed by atoms with E-state index in [1.165, 1.54) is 0 Å². The van der Waals surface area contributed by atoms with Crippen molar-refractivity contribution in [2.24, 2.45) is 7.05 Å². The van der Waals surface area contributed by atoms with Gasteiger partial charge in [0.2, 0.25) is 0 Å². The molecule has 5 nitrogen and oxygen atoms in total. The molecular formula is C12H13N3O2. The molecule has 0 aliphatic carbocycles. The first-order valence-corrected chi connectivity index (χ1v) is 5.21. The zero-order valence-corrected chi connectivity index (χ0v) is 9.42. The van der Waals surface area contributed by atoms with Crippen LogP contribution in [0.25, 0.3) is 0 Å². The number of aryl methyl sites for hydroxylation is 1. The molecule has 5 heteroatoms. The summed E-state index contributed by atoms with van der Waals surface area (Å²) in [6.45, 7) is 0.412. The maximum absolute atomic E-state index is 11.7. The number of nitrogens with zero attached hydrogens (tertiary/aromatic N) is 2. The Labute approximate surface area is 98.7 Å². The Morgan fingerprint density at radius 1 is 1.35 bits per heavy atom. The third-order valence-electron chi connectivity index (χ3n) is 2.34. The molecule has 1 amide bonds. The third-order valence-corrected chi connectivity index (χ3v) is 2.34. The molecule has 0 saturated carbocycles. The van der Waals surface area contributed by atoms with Gasteiger partial charge >= 0.3 is 0 Å². The number of rotatable bonds is 3. The Bertz CT molecular complexity index is 517. The zero-order valence-electron chi connectivity index (χ0n) is 9.42. The van der Waals surface area contributed by atoms with Crippen LogP contribution in [0, 0.1) is 0 Å². The second-order valence-corrected chi connectivity index (χ2v) is 3.72. The molecule has 1 heterocycles. The lowest BCUT2D eigenvalue weighted by molar-refractivity contribution is 0.0945. The van der Waals surface area contributed by atoms with Crippen molar-refractivity contribution in [3.63, 3.8) is 0 Å². The van der Waals surface area contributed by atoms with Crippen molar-refractivity contribution >= 4 is 5.91 Å². The van der Waals surface area contributed by atoms with Crippen molar-refractivity contribution in [1.82, 2.24) is 15.1 Å². The van der Waals surface area contributed by atoms with Crippen LogP contribution in [0.2, 0.25) is 0 Å². The van der Waals surface area contributed by atoms with Gasteiger partial charge in [0.05, 0.1) is 0 Å². The monoisotopic (exact) mass is 231 g/mol. The highest BCUT2D eigenvalue weighted by Gasteiger charge is 2.07. The van der Waals surface area contributed by atoms with E-state index >= 15 is 0 Å². The molecule has 2 rings (SSSR count). The number of aromatic hydroxyl groups is 1. The van der Waals surface area contributed by atoms with Gasteiger partial charge in [-0.3, -0.25) is 9.48 Å². The van der Waals surface area contributed by atoms with Gasteiger partial charge in [-0.15, -0.1) is 0 Å². The minimum atomic E-state index is -0.210. The topological polar surface area (TPSA) is 67.2 Å². The summed E-state index contributed by atoms with van der Waals surface area (Å²) in [7, 11) is 1.76. The average molecular weight is 231 g/mol. The van der Waals surface area contributed by atoms with Crippen molar-refractivity contribution in [2.75, 3.05) is 0 Å². The first kappa shape index (κ1) is 11.2. The van der Waals surface area contributed by atoms with Gasteiger partial charge in [-0.25, -0.2) is 0 Å². The number of hydrogen-bond acceptors (Lipinski definition) is 3. The Morgan fingerprint density at radius 2 is 2.06 bits per heavy atom. The lowest BCUT2D eigenvalue weighted by atomic mass is 10.2. The van der Waals surface area contributed by atoms with E-state index in [2.05, 4.69) is 10.4 Å². The van der Waals surface area contributed by atoms with Crippen LogP contribution in [-0.2, 0) is 13.6 Å².